The molecule has 1 saturated heterocycles. The molecule has 1 fully saturated rings. The molecule has 0 saturated carbocycles. The average molecular weight is 381 g/mol. The molecule has 1 atom stereocenters. The number of carbonyl (C=O) groups excluding carboxylic acids is 3. The Balaban J connectivity index is 1.65. The molecule has 0 aromatic heterocycles. The van der Waals surface area contributed by atoms with Gasteiger partial charge in [-0.3, -0.25) is 14.5 Å². The van der Waals surface area contributed by atoms with Crippen molar-refractivity contribution in [2.75, 3.05) is 13.2 Å². The number of hydrogen-bond acceptors (Lipinski definition) is 4. The van der Waals surface area contributed by atoms with Gasteiger partial charge in [0.25, 0.3) is 5.91 Å². The molecule has 2 N–H and O–H groups in total. The molecule has 2 aromatic carbocycles. The number of ether oxygens (including phenoxy) is 1. The fourth-order valence-corrected chi connectivity index (χ4v) is 2.99. The second-order valence-electron chi connectivity index (χ2n) is 6.54. The van der Waals surface area contributed by atoms with Gasteiger partial charge in [0.05, 0.1) is 25.7 Å². The molecule has 0 radical (unpaired) electrons. The van der Waals surface area contributed by atoms with E-state index < -0.39 is 6.03 Å². The smallest absolute Gasteiger partial charge is 0.324 e. The van der Waals surface area contributed by atoms with E-state index in [1.54, 1.807) is 24.3 Å². The van der Waals surface area contributed by atoms with Crippen LogP contribution >= 0.6 is 0 Å². The standard InChI is InChI=1S/C21H23N3O4/c1-3-28-18-9-7-16(8-10-18)14(2)23-20(26)17-6-4-5-15(11-17)13-24-19(25)12-22-21(24)27/h4-11,14H,3,12-13H2,1-2H3,(H,22,27)(H,23,26). The molecule has 7 nitrogen and oxygen atoms in total. The van der Waals surface area contributed by atoms with Gasteiger partial charge in [-0.25, -0.2) is 4.79 Å². The van der Waals surface area contributed by atoms with Crippen LogP contribution in [0.15, 0.2) is 48.5 Å². The number of hydrogen-bond donors (Lipinski definition) is 2. The molecule has 146 valence electrons. The molecule has 1 unspecified atom stereocenters. The predicted molar refractivity (Wildman–Crippen MR) is 104 cm³/mol. The molecule has 7 heteroatoms. The highest BCUT2D eigenvalue weighted by molar-refractivity contribution is 6.02. The van der Waals surface area contributed by atoms with Crippen molar-refractivity contribution in [1.82, 2.24) is 15.5 Å². The van der Waals surface area contributed by atoms with Crippen molar-refractivity contribution < 1.29 is 19.1 Å². The van der Waals surface area contributed by atoms with Crippen LogP contribution in [0.4, 0.5) is 4.79 Å². The number of rotatable bonds is 7. The maximum atomic E-state index is 12.6. The molecule has 4 amide bonds. The van der Waals surface area contributed by atoms with E-state index in [1.165, 1.54) is 0 Å². The third-order valence-corrected chi connectivity index (χ3v) is 4.51. The van der Waals surface area contributed by atoms with Gasteiger partial charge in [-0.05, 0) is 49.2 Å². The Kier molecular flexibility index (Phi) is 5.93. The van der Waals surface area contributed by atoms with Crippen LogP contribution < -0.4 is 15.4 Å². The van der Waals surface area contributed by atoms with Crippen LogP contribution in [0.1, 0.15) is 41.4 Å². The minimum absolute atomic E-state index is 0.0125. The zero-order chi connectivity index (χ0) is 20.1. The van der Waals surface area contributed by atoms with E-state index in [2.05, 4.69) is 10.6 Å². The first-order chi connectivity index (χ1) is 13.5. The Bertz CT molecular complexity index is 863. The molecule has 0 spiro atoms. The second-order valence-corrected chi connectivity index (χ2v) is 6.54. The van der Waals surface area contributed by atoms with Crippen LogP contribution in [0.2, 0.25) is 0 Å². The lowest BCUT2D eigenvalue weighted by atomic mass is 10.1. The van der Waals surface area contributed by atoms with E-state index in [-0.39, 0.29) is 30.9 Å². The van der Waals surface area contributed by atoms with Crippen molar-refractivity contribution >= 4 is 17.8 Å². The first kappa shape index (κ1) is 19.4. The Hall–Kier alpha value is -3.35. The van der Waals surface area contributed by atoms with Crippen molar-refractivity contribution in [3.05, 3.63) is 65.2 Å². The number of amides is 4. The summed E-state index contributed by atoms with van der Waals surface area (Å²) in [5.41, 5.74) is 2.15. The molecule has 1 aliphatic rings. The molecule has 2 aromatic rings. The fourth-order valence-electron chi connectivity index (χ4n) is 2.99. The van der Waals surface area contributed by atoms with Crippen LogP contribution in [-0.4, -0.2) is 35.9 Å². The number of urea groups is 1. The summed E-state index contributed by atoms with van der Waals surface area (Å²) in [6.07, 6.45) is 0. The zero-order valence-electron chi connectivity index (χ0n) is 15.9. The zero-order valence-corrected chi connectivity index (χ0v) is 15.9. The lowest BCUT2D eigenvalue weighted by Gasteiger charge is -2.16. The van der Waals surface area contributed by atoms with Crippen molar-refractivity contribution in [3.63, 3.8) is 0 Å². The average Bonchev–Trinajstić information content (AvgIpc) is 3.01. The highest BCUT2D eigenvalue weighted by Gasteiger charge is 2.28. The van der Waals surface area contributed by atoms with Gasteiger partial charge < -0.3 is 15.4 Å². The summed E-state index contributed by atoms with van der Waals surface area (Å²) >= 11 is 0. The SMILES string of the molecule is CCOc1ccc(C(C)NC(=O)c2cccc(CN3C(=O)CNC3=O)c2)cc1. The van der Waals surface area contributed by atoms with Gasteiger partial charge in [0.2, 0.25) is 5.91 Å². The molecule has 1 aliphatic heterocycles. The van der Waals surface area contributed by atoms with Gasteiger partial charge in [-0.15, -0.1) is 0 Å². The van der Waals surface area contributed by atoms with Gasteiger partial charge in [-0.1, -0.05) is 24.3 Å². The van der Waals surface area contributed by atoms with Crippen LogP contribution in [0.3, 0.4) is 0 Å². The number of nitrogens with one attached hydrogen (secondary N) is 2. The molecular formula is C21H23N3O4. The third-order valence-electron chi connectivity index (χ3n) is 4.51. The summed E-state index contributed by atoms with van der Waals surface area (Å²) < 4.78 is 5.43. The first-order valence-electron chi connectivity index (χ1n) is 9.18. The largest absolute Gasteiger partial charge is 0.494 e. The van der Waals surface area contributed by atoms with Crippen LogP contribution in [0.5, 0.6) is 5.75 Å². The maximum Gasteiger partial charge on any atom is 0.324 e. The Labute approximate surface area is 163 Å². The van der Waals surface area contributed by atoms with Gasteiger partial charge in [-0.2, -0.15) is 0 Å². The molecule has 0 aliphatic carbocycles. The molecule has 3 rings (SSSR count). The quantitative estimate of drug-likeness (QED) is 0.722. The summed E-state index contributed by atoms with van der Waals surface area (Å²) in [6, 6.07) is 13.9. The highest BCUT2D eigenvalue weighted by Crippen LogP contribution is 2.18. The van der Waals surface area contributed by atoms with Gasteiger partial charge >= 0.3 is 6.03 Å². The third kappa shape index (κ3) is 4.49. The number of benzene rings is 2. The van der Waals surface area contributed by atoms with Gasteiger partial charge in [0.1, 0.15) is 5.75 Å². The molecule has 0 bridgehead atoms. The van der Waals surface area contributed by atoms with Crippen molar-refractivity contribution in [3.8, 4) is 5.75 Å². The van der Waals surface area contributed by atoms with E-state index in [0.29, 0.717) is 17.7 Å². The fraction of sp³-hybridized carbons (Fsp3) is 0.286. The van der Waals surface area contributed by atoms with E-state index in [9.17, 15) is 14.4 Å². The number of carbonyl (C=O) groups is 3. The topological polar surface area (TPSA) is 87.7 Å². The summed E-state index contributed by atoms with van der Waals surface area (Å²) in [5, 5.41) is 5.45. The van der Waals surface area contributed by atoms with Crippen molar-refractivity contribution in [2.24, 2.45) is 0 Å². The van der Waals surface area contributed by atoms with Crippen LogP contribution in [-0.2, 0) is 11.3 Å². The number of imide groups is 1. The minimum atomic E-state index is -0.413. The molecule has 28 heavy (non-hydrogen) atoms. The Morgan fingerprint density at radius 2 is 1.96 bits per heavy atom. The normalized spacial score (nSPS) is 14.6. The molecule has 1 heterocycles. The van der Waals surface area contributed by atoms with E-state index in [1.807, 2.05) is 38.1 Å². The minimum Gasteiger partial charge on any atom is -0.494 e. The van der Waals surface area contributed by atoms with E-state index in [0.717, 1.165) is 16.2 Å². The second kappa shape index (κ2) is 8.56. The summed E-state index contributed by atoms with van der Waals surface area (Å²) in [4.78, 5) is 37.2. The molecular weight excluding hydrogens is 358 g/mol. The number of nitrogens with zero attached hydrogens (tertiary/aromatic N) is 1. The maximum absolute atomic E-state index is 12.6. The van der Waals surface area contributed by atoms with E-state index >= 15 is 0 Å². The van der Waals surface area contributed by atoms with Gasteiger partial charge in [0, 0.05) is 5.56 Å². The van der Waals surface area contributed by atoms with E-state index in [4.69, 9.17) is 4.74 Å². The van der Waals surface area contributed by atoms with Gasteiger partial charge in [0.15, 0.2) is 0 Å². The summed E-state index contributed by atoms with van der Waals surface area (Å²) in [5.74, 6) is 0.294. The summed E-state index contributed by atoms with van der Waals surface area (Å²) in [7, 11) is 0. The Morgan fingerprint density at radius 3 is 2.61 bits per heavy atom. The first-order valence-corrected chi connectivity index (χ1v) is 9.18. The summed E-state index contributed by atoms with van der Waals surface area (Å²) in [6.45, 7) is 4.59. The Morgan fingerprint density at radius 1 is 1.21 bits per heavy atom. The predicted octanol–water partition coefficient (Wildman–Crippen LogP) is 2.63. The monoisotopic (exact) mass is 381 g/mol. The lowest BCUT2D eigenvalue weighted by Crippen LogP contribution is -2.30. The van der Waals surface area contributed by atoms with Crippen molar-refractivity contribution in [2.45, 2.75) is 26.4 Å². The lowest BCUT2D eigenvalue weighted by molar-refractivity contribution is -0.125. The van der Waals surface area contributed by atoms with Crippen LogP contribution in [0, 0.1) is 0 Å². The van der Waals surface area contributed by atoms with Crippen molar-refractivity contribution in [1.29, 1.82) is 0 Å². The highest BCUT2D eigenvalue weighted by atomic mass is 16.5. The van der Waals surface area contributed by atoms with Crippen LogP contribution in [0.25, 0.3) is 0 Å².